The number of unbranched alkanes of at least 4 members (excludes halogenated alkanes) is 2. The molecule has 3 rings (SSSR count). The molecule has 2 aromatic carbocycles. The quantitative estimate of drug-likeness (QED) is 0.444. The van der Waals surface area contributed by atoms with Crippen LogP contribution < -0.4 is 0 Å². The summed E-state index contributed by atoms with van der Waals surface area (Å²) >= 11 is 0. The molecule has 2 aromatic rings. The molecule has 1 aliphatic carbocycles. The molecular weight excluding hydrogens is 319 g/mol. The molecule has 0 N–H and O–H groups in total. The molecule has 0 nitrogen and oxygen atoms in total. The molecule has 0 unspecified atom stereocenters. The van der Waals surface area contributed by atoms with E-state index in [1.165, 1.54) is 56.9 Å². The lowest BCUT2D eigenvalue weighted by Crippen LogP contribution is -2.13. The van der Waals surface area contributed by atoms with Gasteiger partial charge in [-0.05, 0) is 66.7 Å². The molecule has 0 aromatic heterocycles. The Morgan fingerprint density at radius 3 is 2.23 bits per heavy atom. The van der Waals surface area contributed by atoms with Crippen LogP contribution in [-0.4, -0.2) is 0 Å². The van der Waals surface area contributed by atoms with Gasteiger partial charge in [-0.2, -0.15) is 0 Å². The molecule has 0 heterocycles. The minimum atomic E-state index is -0.107. The highest BCUT2D eigenvalue weighted by Crippen LogP contribution is 2.38. The Balaban J connectivity index is 1.60. The van der Waals surface area contributed by atoms with Gasteiger partial charge in [-0.15, -0.1) is 0 Å². The van der Waals surface area contributed by atoms with E-state index >= 15 is 0 Å². The molecule has 0 aliphatic heterocycles. The Morgan fingerprint density at radius 1 is 0.885 bits per heavy atom. The maximum Gasteiger partial charge on any atom is 0.131 e. The van der Waals surface area contributed by atoms with Crippen molar-refractivity contribution in [3.05, 3.63) is 59.4 Å². The summed E-state index contributed by atoms with van der Waals surface area (Å²) in [5.41, 5.74) is 4.19. The van der Waals surface area contributed by atoms with E-state index in [2.05, 4.69) is 38.1 Å². The zero-order valence-electron chi connectivity index (χ0n) is 16.4. The number of halogens is 1. The summed E-state index contributed by atoms with van der Waals surface area (Å²) in [4.78, 5) is 0. The second-order valence-corrected chi connectivity index (χ2v) is 8.00. The van der Waals surface area contributed by atoms with Crippen LogP contribution in [0.3, 0.4) is 0 Å². The second kappa shape index (κ2) is 9.35. The first-order valence-corrected chi connectivity index (χ1v) is 10.6. The van der Waals surface area contributed by atoms with Gasteiger partial charge in [0, 0.05) is 5.56 Å². The van der Waals surface area contributed by atoms with Crippen molar-refractivity contribution in [1.82, 2.24) is 0 Å². The lowest BCUT2D eigenvalue weighted by atomic mass is 9.77. The van der Waals surface area contributed by atoms with Crippen molar-refractivity contribution in [2.75, 3.05) is 0 Å². The van der Waals surface area contributed by atoms with Gasteiger partial charge in [-0.3, -0.25) is 0 Å². The summed E-state index contributed by atoms with van der Waals surface area (Å²) in [7, 11) is 0. The summed E-state index contributed by atoms with van der Waals surface area (Å²) in [5, 5.41) is 0. The number of rotatable bonds is 7. The van der Waals surface area contributed by atoms with Gasteiger partial charge in [0.05, 0.1) is 0 Å². The fourth-order valence-corrected chi connectivity index (χ4v) is 4.41. The minimum absolute atomic E-state index is 0.107. The van der Waals surface area contributed by atoms with Crippen LogP contribution in [0.5, 0.6) is 0 Å². The van der Waals surface area contributed by atoms with E-state index in [9.17, 15) is 4.39 Å². The van der Waals surface area contributed by atoms with E-state index in [0.717, 1.165) is 23.5 Å². The number of aryl methyl sites for hydroxylation is 1. The summed E-state index contributed by atoms with van der Waals surface area (Å²) in [5.74, 6) is 1.53. The molecular formula is C25H33F. The molecule has 1 saturated carbocycles. The molecule has 140 valence electrons. The van der Waals surface area contributed by atoms with Crippen molar-refractivity contribution < 1.29 is 4.39 Å². The Labute approximate surface area is 158 Å². The first kappa shape index (κ1) is 19.1. The molecule has 0 spiro atoms. The highest BCUT2D eigenvalue weighted by Gasteiger charge is 2.22. The van der Waals surface area contributed by atoms with Gasteiger partial charge in [0.25, 0.3) is 0 Å². The molecule has 1 aliphatic rings. The summed E-state index contributed by atoms with van der Waals surface area (Å²) in [6.07, 6.45) is 11.8. The maximum atomic E-state index is 14.3. The first-order valence-electron chi connectivity index (χ1n) is 10.6. The lowest BCUT2D eigenvalue weighted by molar-refractivity contribution is 0.303. The van der Waals surface area contributed by atoms with Gasteiger partial charge in [0.2, 0.25) is 0 Å². The van der Waals surface area contributed by atoms with Crippen LogP contribution in [0, 0.1) is 11.7 Å². The van der Waals surface area contributed by atoms with Gasteiger partial charge in [-0.1, -0.05) is 75.9 Å². The van der Waals surface area contributed by atoms with Crippen molar-refractivity contribution in [3.63, 3.8) is 0 Å². The molecule has 0 saturated heterocycles. The van der Waals surface area contributed by atoms with Gasteiger partial charge < -0.3 is 0 Å². The predicted molar refractivity (Wildman–Crippen MR) is 110 cm³/mol. The molecule has 0 radical (unpaired) electrons. The van der Waals surface area contributed by atoms with Crippen LogP contribution in [0.15, 0.2) is 42.5 Å². The molecule has 0 amide bonds. The SMILES string of the molecule is CCCCCC1CCC(c2ccc(-c3ccc(CC)cc3F)cc2)CC1. The molecule has 0 bridgehead atoms. The molecule has 0 atom stereocenters. The molecule has 26 heavy (non-hydrogen) atoms. The Hall–Kier alpha value is -1.63. The van der Waals surface area contributed by atoms with Gasteiger partial charge in [0.1, 0.15) is 5.82 Å². The Kier molecular flexibility index (Phi) is 6.88. The van der Waals surface area contributed by atoms with Crippen LogP contribution in [-0.2, 0) is 6.42 Å². The third kappa shape index (κ3) is 4.75. The van der Waals surface area contributed by atoms with Crippen molar-refractivity contribution in [2.45, 2.75) is 77.6 Å². The fourth-order valence-electron chi connectivity index (χ4n) is 4.41. The number of benzene rings is 2. The van der Waals surface area contributed by atoms with Crippen molar-refractivity contribution >= 4 is 0 Å². The third-order valence-electron chi connectivity index (χ3n) is 6.20. The lowest BCUT2D eigenvalue weighted by Gasteiger charge is -2.29. The van der Waals surface area contributed by atoms with Crippen molar-refractivity contribution in [3.8, 4) is 11.1 Å². The summed E-state index contributed by atoms with van der Waals surface area (Å²) < 4.78 is 14.3. The second-order valence-electron chi connectivity index (χ2n) is 8.00. The van der Waals surface area contributed by atoms with Crippen molar-refractivity contribution in [2.24, 2.45) is 5.92 Å². The topological polar surface area (TPSA) is 0 Å². The average Bonchev–Trinajstić information content (AvgIpc) is 2.69. The zero-order chi connectivity index (χ0) is 18.4. The smallest absolute Gasteiger partial charge is 0.131 e. The normalized spacial score (nSPS) is 20.3. The summed E-state index contributed by atoms with van der Waals surface area (Å²) in [6, 6.07) is 14.3. The van der Waals surface area contributed by atoms with Crippen LogP contribution in [0.4, 0.5) is 4.39 Å². The zero-order valence-corrected chi connectivity index (χ0v) is 16.4. The Bertz CT molecular complexity index is 678. The minimum Gasteiger partial charge on any atom is -0.206 e. The van der Waals surface area contributed by atoms with Crippen molar-refractivity contribution in [1.29, 1.82) is 0 Å². The highest BCUT2D eigenvalue weighted by molar-refractivity contribution is 5.65. The van der Waals surface area contributed by atoms with E-state index in [-0.39, 0.29) is 5.82 Å². The monoisotopic (exact) mass is 352 g/mol. The van der Waals surface area contributed by atoms with E-state index in [4.69, 9.17) is 0 Å². The molecule has 1 fully saturated rings. The number of hydrogen-bond donors (Lipinski definition) is 0. The van der Waals surface area contributed by atoms with E-state index in [0.29, 0.717) is 11.5 Å². The van der Waals surface area contributed by atoms with Crippen LogP contribution in [0.1, 0.15) is 82.3 Å². The largest absolute Gasteiger partial charge is 0.206 e. The van der Waals surface area contributed by atoms with E-state index < -0.39 is 0 Å². The van der Waals surface area contributed by atoms with E-state index in [1.54, 1.807) is 6.07 Å². The summed E-state index contributed by atoms with van der Waals surface area (Å²) in [6.45, 7) is 4.34. The Morgan fingerprint density at radius 2 is 1.62 bits per heavy atom. The highest BCUT2D eigenvalue weighted by atomic mass is 19.1. The van der Waals surface area contributed by atoms with Crippen LogP contribution in [0.2, 0.25) is 0 Å². The number of hydrogen-bond acceptors (Lipinski definition) is 0. The van der Waals surface area contributed by atoms with Gasteiger partial charge >= 0.3 is 0 Å². The first-order chi connectivity index (χ1) is 12.7. The fraction of sp³-hybridized carbons (Fsp3) is 0.520. The van der Waals surface area contributed by atoms with E-state index in [1.807, 2.05) is 12.1 Å². The standard InChI is InChI=1S/C25H33F/c1-3-5-6-7-20-8-11-21(12-9-20)22-13-15-23(16-14-22)24-17-10-19(4-2)18-25(24)26/h10,13-18,20-21H,3-9,11-12H2,1-2H3. The predicted octanol–water partition coefficient (Wildman–Crippen LogP) is 7.91. The molecule has 1 heteroatoms. The maximum absolute atomic E-state index is 14.3. The van der Waals surface area contributed by atoms with Crippen LogP contribution in [0.25, 0.3) is 11.1 Å². The van der Waals surface area contributed by atoms with Gasteiger partial charge in [-0.25, -0.2) is 4.39 Å². The third-order valence-corrected chi connectivity index (χ3v) is 6.20. The van der Waals surface area contributed by atoms with Crippen LogP contribution >= 0.6 is 0 Å². The average molecular weight is 353 g/mol. The van der Waals surface area contributed by atoms with Gasteiger partial charge in [0.15, 0.2) is 0 Å².